The van der Waals surface area contributed by atoms with E-state index in [2.05, 4.69) is 6.26 Å². The Balaban J connectivity index is 2.60. The van der Waals surface area contributed by atoms with Crippen LogP contribution in [-0.4, -0.2) is 31.8 Å². The molecule has 0 saturated carbocycles. The Labute approximate surface area is 61.1 Å². The molecule has 3 heteroatoms. The third kappa shape index (κ3) is 8.27. The number of thioether (sulfide) groups is 1. The molecule has 0 radical (unpaired) electrons. The molecule has 0 bridgehead atoms. The van der Waals surface area contributed by atoms with E-state index in [9.17, 15) is 0 Å². The number of rotatable bonds is 6. The van der Waals surface area contributed by atoms with Gasteiger partial charge >= 0.3 is 0 Å². The normalized spacial score (nSPS) is 10.0. The maximum absolute atomic E-state index is 5.26. The minimum absolute atomic E-state index is 0.735. The van der Waals surface area contributed by atoms with Gasteiger partial charge in [0.15, 0.2) is 0 Å². The van der Waals surface area contributed by atoms with Crippen LogP contribution in [0.5, 0.6) is 0 Å². The zero-order chi connectivity index (χ0) is 6.95. The summed E-state index contributed by atoms with van der Waals surface area (Å²) in [6.45, 7) is 2.41. The van der Waals surface area contributed by atoms with Gasteiger partial charge in [-0.3, -0.25) is 0 Å². The first kappa shape index (κ1) is 9.27. The number of ether oxygens (including phenoxy) is 1. The Hall–Kier alpha value is 0.270. The average Bonchev–Trinajstić information content (AvgIpc) is 1.89. The van der Waals surface area contributed by atoms with Crippen LogP contribution in [0.4, 0.5) is 0 Å². The van der Waals surface area contributed by atoms with E-state index < -0.39 is 0 Å². The minimum atomic E-state index is 0.735. The fourth-order valence-corrected chi connectivity index (χ4v) is 0.714. The fourth-order valence-electron chi connectivity index (χ4n) is 0.430. The molecule has 0 atom stereocenters. The quantitative estimate of drug-likeness (QED) is 0.565. The maximum Gasteiger partial charge on any atom is 0.0556 e. The number of hydrogen-bond acceptors (Lipinski definition) is 3. The molecule has 0 aromatic heterocycles. The van der Waals surface area contributed by atoms with Gasteiger partial charge in [0, 0.05) is 12.4 Å². The lowest BCUT2D eigenvalue weighted by molar-refractivity contribution is 0.149. The maximum atomic E-state index is 5.26. The van der Waals surface area contributed by atoms with Crippen LogP contribution in [-0.2, 0) is 4.74 Å². The van der Waals surface area contributed by atoms with Crippen molar-refractivity contribution in [2.75, 3.05) is 31.8 Å². The predicted octanol–water partition coefficient (Wildman–Crippen LogP) is 0.715. The summed E-state index contributed by atoms with van der Waals surface area (Å²) >= 11 is 1.80. The molecule has 0 aliphatic heterocycles. The summed E-state index contributed by atoms with van der Waals surface area (Å²) in [4.78, 5) is 0. The highest BCUT2D eigenvalue weighted by Gasteiger charge is 1.84. The molecule has 56 valence electrons. The highest BCUT2D eigenvalue weighted by atomic mass is 32.2. The van der Waals surface area contributed by atoms with Crippen LogP contribution in [0, 0.1) is 0 Å². The lowest BCUT2D eigenvalue weighted by atomic mass is 10.5. The Morgan fingerprint density at radius 1 is 1.44 bits per heavy atom. The van der Waals surface area contributed by atoms with Crippen LogP contribution in [0.3, 0.4) is 0 Å². The first-order valence-electron chi connectivity index (χ1n) is 3.18. The predicted molar refractivity (Wildman–Crippen MR) is 42.9 cm³/mol. The van der Waals surface area contributed by atoms with Crippen molar-refractivity contribution in [1.29, 1.82) is 0 Å². The smallest absolute Gasteiger partial charge is 0.0556 e. The molecule has 0 heterocycles. The summed E-state index contributed by atoms with van der Waals surface area (Å²) < 4.78 is 5.21. The first-order valence-corrected chi connectivity index (χ1v) is 4.58. The molecule has 0 spiro atoms. The van der Waals surface area contributed by atoms with E-state index in [0.717, 1.165) is 31.9 Å². The summed E-state index contributed by atoms with van der Waals surface area (Å²) in [5, 5.41) is 0. The third-order valence-electron chi connectivity index (χ3n) is 0.925. The molecule has 0 aromatic carbocycles. The van der Waals surface area contributed by atoms with E-state index in [1.165, 1.54) is 0 Å². The van der Waals surface area contributed by atoms with Gasteiger partial charge in [0.25, 0.3) is 0 Å². The average molecular weight is 149 g/mol. The highest BCUT2D eigenvalue weighted by Crippen LogP contribution is 1.90. The van der Waals surface area contributed by atoms with Gasteiger partial charge in [0.05, 0.1) is 6.61 Å². The van der Waals surface area contributed by atoms with Crippen molar-refractivity contribution in [3.05, 3.63) is 0 Å². The second-order valence-corrected chi connectivity index (χ2v) is 2.73. The molecule has 0 aromatic rings. The molecular formula is C6H15NOS. The number of nitrogens with two attached hydrogens (primary N) is 1. The van der Waals surface area contributed by atoms with Crippen molar-refractivity contribution >= 4 is 11.8 Å². The van der Waals surface area contributed by atoms with Crippen LogP contribution >= 0.6 is 11.8 Å². The topological polar surface area (TPSA) is 35.2 Å². The molecule has 0 aliphatic rings. The van der Waals surface area contributed by atoms with Gasteiger partial charge in [-0.1, -0.05) is 0 Å². The first-order chi connectivity index (χ1) is 4.41. The summed E-state index contributed by atoms with van der Waals surface area (Å²) in [5.74, 6) is 1.09. The van der Waals surface area contributed by atoms with E-state index in [1.54, 1.807) is 11.8 Å². The van der Waals surface area contributed by atoms with E-state index in [1.807, 2.05) is 0 Å². The van der Waals surface area contributed by atoms with Crippen LogP contribution in [0.15, 0.2) is 0 Å². The molecule has 2 nitrogen and oxygen atoms in total. The van der Waals surface area contributed by atoms with Gasteiger partial charge in [-0.05, 0) is 19.2 Å². The van der Waals surface area contributed by atoms with Crippen LogP contribution in [0.2, 0.25) is 0 Å². The van der Waals surface area contributed by atoms with E-state index in [4.69, 9.17) is 10.5 Å². The van der Waals surface area contributed by atoms with Gasteiger partial charge in [-0.15, -0.1) is 0 Å². The molecule has 0 saturated heterocycles. The Kier molecular flexibility index (Phi) is 8.52. The summed E-state index contributed by atoms with van der Waals surface area (Å²) in [5.41, 5.74) is 5.26. The van der Waals surface area contributed by atoms with Crippen molar-refractivity contribution in [1.82, 2.24) is 0 Å². The summed E-state index contributed by atoms with van der Waals surface area (Å²) in [6, 6.07) is 0. The second-order valence-electron chi connectivity index (χ2n) is 1.75. The zero-order valence-corrected chi connectivity index (χ0v) is 6.75. The van der Waals surface area contributed by atoms with Crippen molar-refractivity contribution in [3.8, 4) is 0 Å². The third-order valence-corrected chi connectivity index (χ3v) is 1.50. The van der Waals surface area contributed by atoms with E-state index >= 15 is 0 Å². The molecule has 2 N–H and O–H groups in total. The molecule has 9 heavy (non-hydrogen) atoms. The van der Waals surface area contributed by atoms with Crippen LogP contribution in [0.25, 0.3) is 0 Å². The van der Waals surface area contributed by atoms with Gasteiger partial charge in [-0.2, -0.15) is 11.8 Å². The van der Waals surface area contributed by atoms with Gasteiger partial charge in [0.1, 0.15) is 0 Å². The molecule has 0 fully saturated rings. The van der Waals surface area contributed by atoms with E-state index in [-0.39, 0.29) is 0 Å². The molecule has 0 unspecified atom stereocenters. The van der Waals surface area contributed by atoms with E-state index in [0.29, 0.717) is 0 Å². The van der Waals surface area contributed by atoms with Crippen molar-refractivity contribution < 1.29 is 4.74 Å². The molecular weight excluding hydrogens is 134 g/mol. The monoisotopic (exact) mass is 149 g/mol. The fraction of sp³-hybridized carbons (Fsp3) is 1.00. The minimum Gasteiger partial charge on any atom is -0.381 e. The largest absolute Gasteiger partial charge is 0.381 e. The lowest BCUT2D eigenvalue weighted by Gasteiger charge is -1.99. The highest BCUT2D eigenvalue weighted by molar-refractivity contribution is 7.98. The molecule has 0 aliphatic carbocycles. The standard InChI is InChI=1S/C6H15NOS/c1-9-6-5-8-4-2-3-7/h2-7H2,1H3. The van der Waals surface area contributed by atoms with Gasteiger partial charge in [-0.25, -0.2) is 0 Å². The SMILES string of the molecule is CSCCOCCCN. The Morgan fingerprint density at radius 3 is 2.78 bits per heavy atom. The van der Waals surface area contributed by atoms with Gasteiger partial charge < -0.3 is 10.5 Å². The Bertz CT molecular complexity index is 46.3. The molecule has 0 amide bonds. The Morgan fingerprint density at radius 2 is 2.22 bits per heavy atom. The zero-order valence-electron chi connectivity index (χ0n) is 5.93. The van der Waals surface area contributed by atoms with Gasteiger partial charge in [0.2, 0.25) is 0 Å². The number of hydrogen-bond donors (Lipinski definition) is 1. The van der Waals surface area contributed by atoms with Crippen LogP contribution in [0.1, 0.15) is 6.42 Å². The van der Waals surface area contributed by atoms with Crippen molar-refractivity contribution in [3.63, 3.8) is 0 Å². The second kappa shape index (κ2) is 8.27. The summed E-state index contributed by atoms with van der Waals surface area (Å²) in [6.07, 6.45) is 3.06. The van der Waals surface area contributed by atoms with Crippen molar-refractivity contribution in [2.45, 2.75) is 6.42 Å². The van der Waals surface area contributed by atoms with Crippen LogP contribution < -0.4 is 5.73 Å². The van der Waals surface area contributed by atoms with Crippen molar-refractivity contribution in [2.24, 2.45) is 5.73 Å². The summed E-state index contributed by atoms with van der Waals surface area (Å²) in [7, 11) is 0. The lowest BCUT2D eigenvalue weighted by Crippen LogP contribution is -2.05. The molecule has 0 rings (SSSR count).